The van der Waals surface area contributed by atoms with E-state index in [0.717, 1.165) is 73.5 Å². The zero-order valence-corrected chi connectivity index (χ0v) is 23.7. The van der Waals surface area contributed by atoms with Gasteiger partial charge in [-0.25, -0.2) is 4.98 Å². The molecule has 0 saturated carbocycles. The number of aromatic nitrogens is 4. The molecule has 7 nitrogen and oxygen atoms in total. The molecule has 3 heterocycles. The SMILES string of the molecule is Cc1ccccc1Cn1c2ccccc2c2nnc(SCCCC(=O)N3CCN(Cc4ccccc4)CC3)nc21. The van der Waals surface area contributed by atoms with Crippen LogP contribution >= 0.6 is 11.8 Å². The molecular formula is C32H34N6OS. The summed E-state index contributed by atoms with van der Waals surface area (Å²) in [5.74, 6) is 1.03. The van der Waals surface area contributed by atoms with Gasteiger partial charge in [-0.2, -0.15) is 0 Å². The van der Waals surface area contributed by atoms with E-state index in [-0.39, 0.29) is 5.91 Å². The van der Waals surface area contributed by atoms with E-state index in [4.69, 9.17) is 4.98 Å². The standard InChI is InChI=1S/C32H34N6OS/c1-24-10-5-6-13-26(24)23-38-28-15-8-7-14-27(28)30-31(38)33-32(35-34-30)40-21-9-16-29(39)37-19-17-36(18-20-37)22-25-11-3-2-4-12-25/h2-8,10-15H,9,16-23H2,1H3. The van der Waals surface area contributed by atoms with Crippen LogP contribution in [0.25, 0.3) is 22.1 Å². The van der Waals surface area contributed by atoms with Gasteiger partial charge < -0.3 is 9.47 Å². The number of piperazine rings is 1. The van der Waals surface area contributed by atoms with Crippen molar-refractivity contribution in [2.75, 3.05) is 31.9 Å². The molecule has 0 atom stereocenters. The highest BCUT2D eigenvalue weighted by Gasteiger charge is 2.21. The van der Waals surface area contributed by atoms with Gasteiger partial charge >= 0.3 is 0 Å². The van der Waals surface area contributed by atoms with Crippen molar-refractivity contribution in [1.82, 2.24) is 29.5 Å². The number of amides is 1. The Morgan fingerprint density at radius 3 is 2.42 bits per heavy atom. The van der Waals surface area contributed by atoms with Crippen molar-refractivity contribution < 1.29 is 4.79 Å². The number of hydrogen-bond acceptors (Lipinski definition) is 6. The predicted molar refractivity (Wildman–Crippen MR) is 161 cm³/mol. The summed E-state index contributed by atoms with van der Waals surface area (Å²) in [5.41, 5.74) is 6.63. The number of thioether (sulfide) groups is 1. The Kier molecular flexibility index (Phi) is 8.07. The highest BCUT2D eigenvalue weighted by molar-refractivity contribution is 7.99. The third-order valence-corrected chi connectivity index (χ3v) is 8.61. The van der Waals surface area contributed by atoms with Crippen LogP contribution in [0, 0.1) is 6.92 Å². The van der Waals surface area contributed by atoms with Crippen LogP contribution in [-0.2, 0) is 17.9 Å². The average Bonchev–Trinajstić information content (AvgIpc) is 3.30. The number of aryl methyl sites for hydroxylation is 1. The fraction of sp³-hybridized carbons (Fsp3) is 0.312. The first-order valence-electron chi connectivity index (χ1n) is 14.0. The van der Waals surface area contributed by atoms with Crippen LogP contribution in [-0.4, -0.2) is 67.4 Å². The third kappa shape index (κ3) is 5.88. The van der Waals surface area contributed by atoms with Crippen molar-refractivity contribution in [1.29, 1.82) is 0 Å². The number of fused-ring (bicyclic) bond motifs is 3. The first-order chi connectivity index (χ1) is 19.7. The lowest BCUT2D eigenvalue weighted by molar-refractivity contribution is -0.133. The van der Waals surface area contributed by atoms with Gasteiger partial charge in [0.2, 0.25) is 11.1 Å². The lowest BCUT2D eigenvalue weighted by Crippen LogP contribution is -2.48. The molecule has 204 valence electrons. The van der Waals surface area contributed by atoms with Crippen molar-refractivity contribution in [2.45, 2.75) is 38.0 Å². The Bertz CT molecular complexity index is 1610. The Labute approximate surface area is 239 Å². The zero-order valence-electron chi connectivity index (χ0n) is 22.9. The molecular weight excluding hydrogens is 516 g/mol. The Morgan fingerprint density at radius 1 is 0.850 bits per heavy atom. The minimum Gasteiger partial charge on any atom is -0.340 e. The van der Waals surface area contributed by atoms with E-state index >= 15 is 0 Å². The Hall–Kier alpha value is -3.75. The summed E-state index contributed by atoms with van der Waals surface area (Å²) in [7, 11) is 0. The van der Waals surface area contributed by atoms with Gasteiger partial charge in [-0.15, -0.1) is 10.2 Å². The number of carbonyl (C=O) groups is 1. The molecule has 1 fully saturated rings. The second-order valence-corrected chi connectivity index (χ2v) is 11.5. The molecule has 0 spiro atoms. The molecule has 40 heavy (non-hydrogen) atoms. The summed E-state index contributed by atoms with van der Waals surface area (Å²) < 4.78 is 2.24. The first-order valence-corrected chi connectivity index (χ1v) is 15.0. The van der Waals surface area contributed by atoms with Gasteiger partial charge in [0.15, 0.2) is 5.65 Å². The van der Waals surface area contributed by atoms with E-state index in [1.807, 2.05) is 17.0 Å². The minimum atomic E-state index is 0.243. The summed E-state index contributed by atoms with van der Waals surface area (Å²) >= 11 is 1.58. The van der Waals surface area contributed by atoms with Crippen molar-refractivity contribution in [3.05, 3.63) is 95.6 Å². The van der Waals surface area contributed by atoms with Crippen molar-refractivity contribution in [2.24, 2.45) is 0 Å². The summed E-state index contributed by atoms with van der Waals surface area (Å²) in [5, 5.41) is 10.7. The van der Waals surface area contributed by atoms with Crippen molar-refractivity contribution in [3.63, 3.8) is 0 Å². The largest absolute Gasteiger partial charge is 0.340 e. The highest BCUT2D eigenvalue weighted by atomic mass is 32.2. The molecule has 0 N–H and O–H groups in total. The fourth-order valence-corrected chi connectivity index (χ4v) is 6.13. The van der Waals surface area contributed by atoms with Gasteiger partial charge in [0.25, 0.3) is 0 Å². The number of rotatable bonds is 9. The van der Waals surface area contributed by atoms with Crippen LogP contribution in [0.4, 0.5) is 0 Å². The molecule has 1 aliphatic rings. The van der Waals surface area contributed by atoms with Crippen LogP contribution in [0.1, 0.15) is 29.5 Å². The van der Waals surface area contributed by atoms with Crippen molar-refractivity contribution >= 4 is 39.7 Å². The molecule has 0 radical (unpaired) electrons. The number of nitrogens with zero attached hydrogens (tertiary/aromatic N) is 6. The smallest absolute Gasteiger partial charge is 0.222 e. The zero-order chi connectivity index (χ0) is 27.3. The van der Waals surface area contributed by atoms with Crippen LogP contribution < -0.4 is 0 Å². The lowest BCUT2D eigenvalue weighted by atomic mass is 10.1. The summed E-state index contributed by atoms with van der Waals surface area (Å²) in [6.45, 7) is 7.26. The van der Waals surface area contributed by atoms with Gasteiger partial charge in [-0.1, -0.05) is 84.6 Å². The predicted octanol–water partition coefficient (Wildman–Crippen LogP) is 5.55. The van der Waals surface area contributed by atoms with Gasteiger partial charge in [0, 0.05) is 56.8 Å². The van der Waals surface area contributed by atoms with E-state index in [1.165, 1.54) is 16.7 Å². The normalized spacial score (nSPS) is 14.3. The number of hydrogen-bond donors (Lipinski definition) is 0. The Morgan fingerprint density at radius 2 is 1.60 bits per heavy atom. The molecule has 0 aliphatic carbocycles. The maximum atomic E-state index is 12.8. The second kappa shape index (κ2) is 12.2. The van der Waals surface area contributed by atoms with Gasteiger partial charge in [0.05, 0.1) is 5.52 Å². The molecule has 0 bridgehead atoms. The van der Waals surface area contributed by atoms with E-state index in [0.29, 0.717) is 11.6 Å². The van der Waals surface area contributed by atoms with E-state index < -0.39 is 0 Å². The van der Waals surface area contributed by atoms with Gasteiger partial charge in [-0.05, 0) is 36.1 Å². The monoisotopic (exact) mass is 550 g/mol. The van der Waals surface area contributed by atoms with E-state index in [9.17, 15) is 4.79 Å². The fourth-order valence-electron chi connectivity index (χ4n) is 5.41. The Balaban J connectivity index is 1.05. The maximum absolute atomic E-state index is 12.8. The van der Waals surface area contributed by atoms with E-state index in [1.54, 1.807) is 11.8 Å². The van der Waals surface area contributed by atoms with Crippen LogP contribution in [0.2, 0.25) is 0 Å². The number of para-hydroxylation sites is 1. The van der Waals surface area contributed by atoms with Crippen LogP contribution in [0.5, 0.6) is 0 Å². The number of carbonyl (C=O) groups excluding carboxylic acids is 1. The molecule has 3 aromatic carbocycles. The quantitative estimate of drug-likeness (QED) is 0.177. The first kappa shape index (κ1) is 26.5. The molecule has 1 saturated heterocycles. The van der Waals surface area contributed by atoms with E-state index in [2.05, 4.69) is 93.3 Å². The van der Waals surface area contributed by atoms with Gasteiger partial charge in [-0.3, -0.25) is 9.69 Å². The highest BCUT2D eigenvalue weighted by Crippen LogP contribution is 2.28. The molecule has 6 rings (SSSR count). The summed E-state index contributed by atoms with van der Waals surface area (Å²) in [4.78, 5) is 22.2. The molecule has 2 aromatic heterocycles. The third-order valence-electron chi connectivity index (χ3n) is 7.68. The molecule has 8 heteroatoms. The summed E-state index contributed by atoms with van der Waals surface area (Å²) in [6.07, 6.45) is 1.34. The summed E-state index contributed by atoms with van der Waals surface area (Å²) in [6, 6.07) is 27.3. The molecule has 0 unspecified atom stereocenters. The maximum Gasteiger partial charge on any atom is 0.222 e. The van der Waals surface area contributed by atoms with Crippen LogP contribution in [0.3, 0.4) is 0 Å². The number of benzene rings is 3. The molecule has 1 amide bonds. The molecule has 1 aliphatic heterocycles. The molecule has 5 aromatic rings. The van der Waals surface area contributed by atoms with Gasteiger partial charge in [0.1, 0.15) is 5.52 Å². The lowest BCUT2D eigenvalue weighted by Gasteiger charge is -2.34. The topological polar surface area (TPSA) is 67.2 Å². The van der Waals surface area contributed by atoms with Crippen LogP contribution in [0.15, 0.2) is 84.0 Å². The minimum absolute atomic E-state index is 0.243. The average molecular weight is 551 g/mol. The second-order valence-electron chi connectivity index (χ2n) is 10.4. The van der Waals surface area contributed by atoms with Crippen molar-refractivity contribution in [3.8, 4) is 0 Å².